The SMILES string of the molecule is N#CC(C(=O)N(Cc1ccccc1)Cc1ccccc1)C(c1ccccc1)c1ccccc1. The molecule has 0 fully saturated rings. The maximum Gasteiger partial charge on any atom is 0.241 e. The van der Waals surface area contributed by atoms with Gasteiger partial charge in [0, 0.05) is 19.0 Å². The third kappa shape index (κ3) is 5.56. The van der Waals surface area contributed by atoms with Crippen molar-refractivity contribution in [3.63, 3.8) is 0 Å². The smallest absolute Gasteiger partial charge is 0.241 e. The summed E-state index contributed by atoms with van der Waals surface area (Å²) >= 11 is 0. The molecule has 33 heavy (non-hydrogen) atoms. The highest BCUT2D eigenvalue weighted by Crippen LogP contribution is 2.33. The average molecular weight is 431 g/mol. The maximum atomic E-state index is 14.0. The van der Waals surface area contributed by atoms with Crippen LogP contribution in [0.4, 0.5) is 0 Å². The number of carbonyl (C=O) groups excluding carboxylic acids is 1. The van der Waals surface area contributed by atoms with E-state index in [0.29, 0.717) is 13.1 Å². The highest BCUT2D eigenvalue weighted by molar-refractivity contribution is 5.83. The monoisotopic (exact) mass is 430 g/mol. The van der Waals surface area contributed by atoms with Crippen molar-refractivity contribution in [2.24, 2.45) is 5.92 Å². The lowest BCUT2D eigenvalue weighted by Crippen LogP contribution is -2.37. The molecule has 0 N–H and O–H groups in total. The minimum Gasteiger partial charge on any atom is -0.333 e. The molecule has 0 saturated carbocycles. The van der Waals surface area contributed by atoms with E-state index >= 15 is 0 Å². The molecule has 162 valence electrons. The van der Waals surface area contributed by atoms with E-state index in [4.69, 9.17) is 0 Å². The van der Waals surface area contributed by atoms with Crippen molar-refractivity contribution in [2.75, 3.05) is 0 Å². The Labute approximate surface area is 195 Å². The van der Waals surface area contributed by atoms with Gasteiger partial charge in [0.15, 0.2) is 0 Å². The molecule has 0 spiro atoms. The molecule has 4 aromatic rings. The van der Waals surface area contributed by atoms with E-state index in [1.807, 2.05) is 121 Å². The Kier molecular flexibility index (Phi) is 7.30. The van der Waals surface area contributed by atoms with E-state index in [1.165, 1.54) is 0 Å². The molecule has 4 rings (SSSR count). The first-order valence-corrected chi connectivity index (χ1v) is 11.1. The molecule has 0 aliphatic carbocycles. The molecule has 1 amide bonds. The van der Waals surface area contributed by atoms with Gasteiger partial charge in [-0.15, -0.1) is 0 Å². The van der Waals surface area contributed by atoms with Crippen molar-refractivity contribution in [1.82, 2.24) is 4.90 Å². The molecule has 0 aromatic heterocycles. The molecule has 1 atom stereocenters. The molecular weight excluding hydrogens is 404 g/mol. The van der Waals surface area contributed by atoms with Gasteiger partial charge in [-0.25, -0.2) is 0 Å². The van der Waals surface area contributed by atoms with Gasteiger partial charge < -0.3 is 4.90 Å². The summed E-state index contributed by atoms with van der Waals surface area (Å²) < 4.78 is 0. The summed E-state index contributed by atoms with van der Waals surface area (Å²) in [5, 5.41) is 10.3. The summed E-state index contributed by atoms with van der Waals surface area (Å²) in [7, 11) is 0. The van der Waals surface area contributed by atoms with Gasteiger partial charge in [0.1, 0.15) is 5.92 Å². The van der Waals surface area contributed by atoms with Crippen molar-refractivity contribution in [2.45, 2.75) is 19.0 Å². The van der Waals surface area contributed by atoms with Gasteiger partial charge in [0.05, 0.1) is 6.07 Å². The van der Waals surface area contributed by atoms with Crippen LogP contribution in [0.25, 0.3) is 0 Å². The number of hydrogen-bond donors (Lipinski definition) is 0. The van der Waals surface area contributed by atoms with E-state index in [-0.39, 0.29) is 11.8 Å². The molecule has 0 radical (unpaired) electrons. The van der Waals surface area contributed by atoms with Crippen LogP contribution in [-0.4, -0.2) is 10.8 Å². The van der Waals surface area contributed by atoms with Crippen molar-refractivity contribution < 1.29 is 4.79 Å². The molecular formula is C30H26N2O. The molecule has 0 aliphatic rings. The van der Waals surface area contributed by atoms with Crippen LogP contribution in [0, 0.1) is 17.2 Å². The molecule has 0 aliphatic heterocycles. The Morgan fingerprint density at radius 2 is 1.00 bits per heavy atom. The summed E-state index contributed by atoms with van der Waals surface area (Å²) in [6, 6.07) is 41.9. The zero-order chi connectivity index (χ0) is 22.9. The van der Waals surface area contributed by atoms with E-state index in [0.717, 1.165) is 22.3 Å². The number of hydrogen-bond acceptors (Lipinski definition) is 2. The standard InChI is InChI=1S/C30H26N2O/c31-21-28(29(26-17-9-3-10-18-26)27-19-11-4-12-20-27)30(33)32(22-24-13-5-1-6-14-24)23-25-15-7-2-8-16-25/h1-20,28-29H,22-23H2. The van der Waals surface area contributed by atoms with E-state index in [9.17, 15) is 10.1 Å². The predicted octanol–water partition coefficient (Wildman–Crippen LogP) is 6.19. The fourth-order valence-corrected chi connectivity index (χ4v) is 4.19. The molecule has 0 saturated heterocycles. The summed E-state index contributed by atoms with van der Waals surface area (Å²) in [6.45, 7) is 0.895. The fraction of sp³-hybridized carbons (Fsp3) is 0.133. The van der Waals surface area contributed by atoms with Gasteiger partial charge in [-0.2, -0.15) is 5.26 Å². The number of amides is 1. The van der Waals surface area contributed by atoms with E-state index in [1.54, 1.807) is 4.90 Å². The molecule has 0 bridgehead atoms. The van der Waals surface area contributed by atoms with Crippen LogP contribution in [0.2, 0.25) is 0 Å². The third-order valence-electron chi connectivity index (χ3n) is 5.80. The molecule has 3 nitrogen and oxygen atoms in total. The minimum absolute atomic E-state index is 0.164. The van der Waals surface area contributed by atoms with E-state index in [2.05, 4.69) is 6.07 Å². The van der Waals surface area contributed by atoms with Crippen LogP contribution >= 0.6 is 0 Å². The lowest BCUT2D eigenvalue weighted by molar-refractivity contribution is -0.135. The lowest BCUT2D eigenvalue weighted by Gasteiger charge is -2.29. The Morgan fingerprint density at radius 1 is 0.636 bits per heavy atom. The average Bonchev–Trinajstić information content (AvgIpc) is 2.89. The van der Waals surface area contributed by atoms with Gasteiger partial charge in [0.2, 0.25) is 5.91 Å². The third-order valence-corrected chi connectivity index (χ3v) is 5.80. The number of carbonyl (C=O) groups is 1. The Hall–Kier alpha value is -4.16. The lowest BCUT2D eigenvalue weighted by atomic mass is 9.80. The fourth-order valence-electron chi connectivity index (χ4n) is 4.19. The molecule has 3 heteroatoms. The van der Waals surface area contributed by atoms with Crippen LogP contribution in [0.15, 0.2) is 121 Å². The summed E-state index contributed by atoms with van der Waals surface area (Å²) in [5.74, 6) is -1.36. The highest BCUT2D eigenvalue weighted by atomic mass is 16.2. The highest BCUT2D eigenvalue weighted by Gasteiger charge is 2.34. The first-order chi connectivity index (χ1) is 16.3. The van der Waals surface area contributed by atoms with Crippen LogP contribution in [0.3, 0.4) is 0 Å². The zero-order valence-electron chi connectivity index (χ0n) is 18.4. The Morgan fingerprint density at radius 3 is 1.36 bits per heavy atom. The van der Waals surface area contributed by atoms with Gasteiger partial charge in [0.25, 0.3) is 0 Å². The molecule has 4 aromatic carbocycles. The minimum atomic E-state index is -0.845. The second kappa shape index (κ2) is 10.9. The molecule has 0 heterocycles. The number of nitriles is 1. The number of nitrogens with zero attached hydrogens (tertiary/aromatic N) is 2. The zero-order valence-corrected chi connectivity index (χ0v) is 18.4. The van der Waals surface area contributed by atoms with Gasteiger partial charge >= 0.3 is 0 Å². The normalized spacial score (nSPS) is 11.5. The maximum absolute atomic E-state index is 14.0. The van der Waals surface area contributed by atoms with Gasteiger partial charge in [-0.05, 0) is 22.3 Å². The summed E-state index contributed by atoms with van der Waals surface area (Å²) in [6.07, 6.45) is 0. The largest absolute Gasteiger partial charge is 0.333 e. The summed E-state index contributed by atoms with van der Waals surface area (Å²) in [5.41, 5.74) is 4.00. The summed E-state index contributed by atoms with van der Waals surface area (Å²) in [4.78, 5) is 15.8. The second-order valence-corrected chi connectivity index (χ2v) is 8.07. The Bertz CT molecular complexity index is 1100. The molecule has 1 unspecified atom stereocenters. The predicted molar refractivity (Wildman–Crippen MR) is 131 cm³/mol. The van der Waals surface area contributed by atoms with Crippen LogP contribution in [0.1, 0.15) is 28.2 Å². The first-order valence-electron chi connectivity index (χ1n) is 11.1. The topological polar surface area (TPSA) is 44.1 Å². The Balaban J connectivity index is 1.72. The van der Waals surface area contributed by atoms with E-state index < -0.39 is 5.92 Å². The van der Waals surface area contributed by atoms with Crippen molar-refractivity contribution in [3.8, 4) is 6.07 Å². The number of benzene rings is 4. The first kappa shape index (κ1) is 22.0. The number of rotatable bonds is 8. The van der Waals surface area contributed by atoms with Gasteiger partial charge in [-0.1, -0.05) is 121 Å². The van der Waals surface area contributed by atoms with Crippen molar-refractivity contribution in [3.05, 3.63) is 144 Å². The van der Waals surface area contributed by atoms with Crippen LogP contribution < -0.4 is 0 Å². The van der Waals surface area contributed by atoms with Crippen molar-refractivity contribution >= 4 is 5.91 Å². The van der Waals surface area contributed by atoms with Crippen LogP contribution in [-0.2, 0) is 17.9 Å². The van der Waals surface area contributed by atoms with Crippen molar-refractivity contribution in [1.29, 1.82) is 5.26 Å². The van der Waals surface area contributed by atoms with Crippen LogP contribution in [0.5, 0.6) is 0 Å². The van der Waals surface area contributed by atoms with Gasteiger partial charge in [-0.3, -0.25) is 4.79 Å². The quantitative estimate of drug-likeness (QED) is 0.335. The second-order valence-electron chi connectivity index (χ2n) is 8.07.